The van der Waals surface area contributed by atoms with Gasteiger partial charge in [0.25, 0.3) is 0 Å². The van der Waals surface area contributed by atoms with Crippen molar-refractivity contribution in [3.05, 3.63) is 64.7 Å². The first kappa shape index (κ1) is 17.8. The number of alkyl halides is 3. The molecule has 25 heavy (non-hydrogen) atoms. The zero-order chi connectivity index (χ0) is 18.0. The number of hydrogen-bond acceptors (Lipinski definition) is 2. The van der Waals surface area contributed by atoms with Gasteiger partial charge in [-0.25, -0.2) is 0 Å². The number of halogens is 4. The molecule has 1 aliphatic rings. The first-order chi connectivity index (χ1) is 11.8. The van der Waals surface area contributed by atoms with Crippen molar-refractivity contribution in [2.45, 2.75) is 31.1 Å². The highest BCUT2D eigenvalue weighted by Gasteiger charge is 2.32. The minimum absolute atomic E-state index is 0.0552. The fourth-order valence-corrected chi connectivity index (χ4v) is 2.62. The van der Waals surface area contributed by atoms with E-state index in [1.165, 1.54) is 0 Å². The maximum atomic E-state index is 12.9. The summed E-state index contributed by atoms with van der Waals surface area (Å²) in [4.78, 5) is 12.7. The Bertz CT molecular complexity index is 761. The molecule has 1 saturated carbocycles. The molecule has 0 bridgehead atoms. The number of nitrogens with one attached hydrogen (secondary N) is 2. The fraction of sp³-hybridized carbons (Fsp3) is 0.278. The highest BCUT2D eigenvalue weighted by molar-refractivity contribution is 6.33. The van der Waals surface area contributed by atoms with Crippen LogP contribution in [-0.2, 0) is 11.0 Å². The maximum Gasteiger partial charge on any atom is 0.416 e. The van der Waals surface area contributed by atoms with Gasteiger partial charge in [0.15, 0.2) is 0 Å². The van der Waals surface area contributed by atoms with E-state index in [4.69, 9.17) is 11.6 Å². The molecule has 0 aliphatic heterocycles. The van der Waals surface area contributed by atoms with Crippen molar-refractivity contribution in [3.63, 3.8) is 0 Å². The van der Waals surface area contributed by atoms with Gasteiger partial charge >= 0.3 is 6.18 Å². The van der Waals surface area contributed by atoms with Gasteiger partial charge in [-0.05, 0) is 36.6 Å². The van der Waals surface area contributed by atoms with E-state index in [-0.39, 0.29) is 16.8 Å². The Kier molecular flexibility index (Phi) is 5.01. The second kappa shape index (κ2) is 7.06. The Hall–Kier alpha value is -2.05. The third-order valence-corrected chi connectivity index (χ3v) is 4.26. The van der Waals surface area contributed by atoms with Gasteiger partial charge in [0.2, 0.25) is 5.91 Å². The van der Waals surface area contributed by atoms with Crippen LogP contribution >= 0.6 is 11.6 Å². The van der Waals surface area contributed by atoms with Gasteiger partial charge in [-0.2, -0.15) is 13.2 Å². The first-order valence-corrected chi connectivity index (χ1v) is 8.21. The molecular weight excluding hydrogens is 353 g/mol. The number of anilines is 1. The Morgan fingerprint density at radius 1 is 1.12 bits per heavy atom. The number of hydrogen-bond donors (Lipinski definition) is 2. The largest absolute Gasteiger partial charge is 0.416 e. The van der Waals surface area contributed by atoms with E-state index in [2.05, 4.69) is 10.6 Å². The summed E-state index contributed by atoms with van der Waals surface area (Å²) in [6.45, 7) is 0. The second-order valence-electron chi connectivity index (χ2n) is 5.97. The molecule has 1 aliphatic carbocycles. The van der Waals surface area contributed by atoms with Crippen LogP contribution in [0, 0.1) is 0 Å². The van der Waals surface area contributed by atoms with Gasteiger partial charge in [-0.1, -0.05) is 41.9 Å². The lowest BCUT2D eigenvalue weighted by Gasteiger charge is -2.19. The minimum Gasteiger partial charge on any atom is -0.323 e. The summed E-state index contributed by atoms with van der Waals surface area (Å²) < 4.78 is 38.6. The van der Waals surface area contributed by atoms with E-state index in [0.29, 0.717) is 0 Å². The van der Waals surface area contributed by atoms with Crippen LogP contribution in [0.4, 0.5) is 18.9 Å². The van der Waals surface area contributed by atoms with Crippen LogP contribution in [0.1, 0.15) is 30.0 Å². The van der Waals surface area contributed by atoms with Crippen LogP contribution in [0.2, 0.25) is 5.02 Å². The summed E-state index contributed by atoms with van der Waals surface area (Å²) in [7, 11) is 0. The van der Waals surface area contributed by atoms with Gasteiger partial charge in [0.05, 0.1) is 16.3 Å². The number of rotatable bonds is 5. The summed E-state index contributed by atoms with van der Waals surface area (Å²) in [5, 5.41) is 5.79. The van der Waals surface area contributed by atoms with Gasteiger partial charge in [0, 0.05) is 6.04 Å². The van der Waals surface area contributed by atoms with Crippen molar-refractivity contribution in [2.75, 3.05) is 5.32 Å². The lowest BCUT2D eigenvalue weighted by molar-refractivity contribution is -0.137. The number of carbonyl (C=O) groups excluding carboxylic acids is 1. The van der Waals surface area contributed by atoms with Crippen LogP contribution in [0.25, 0.3) is 0 Å². The molecular formula is C18H16ClF3N2O. The molecule has 7 heteroatoms. The highest BCUT2D eigenvalue weighted by Crippen LogP contribution is 2.34. The SMILES string of the molecule is O=C(Nc1cc(C(F)(F)F)ccc1Cl)[C@@H](NC1CC1)c1ccccc1. The molecule has 2 aromatic carbocycles. The van der Waals surface area contributed by atoms with Gasteiger partial charge in [-0.3, -0.25) is 10.1 Å². The lowest BCUT2D eigenvalue weighted by Crippen LogP contribution is -2.34. The second-order valence-corrected chi connectivity index (χ2v) is 6.37. The summed E-state index contributed by atoms with van der Waals surface area (Å²) in [6, 6.07) is 11.5. The first-order valence-electron chi connectivity index (χ1n) is 7.83. The van der Waals surface area contributed by atoms with E-state index in [9.17, 15) is 18.0 Å². The molecule has 3 rings (SSSR count). The molecule has 0 radical (unpaired) electrons. The Labute approximate surface area is 148 Å². The number of amides is 1. The van der Waals surface area contributed by atoms with Crippen LogP contribution in [0.3, 0.4) is 0 Å². The average molecular weight is 369 g/mol. The van der Waals surface area contributed by atoms with Crippen molar-refractivity contribution < 1.29 is 18.0 Å². The Morgan fingerprint density at radius 3 is 2.40 bits per heavy atom. The predicted molar refractivity (Wildman–Crippen MR) is 90.4 cm³/mol. The fourth-order valence-electron chi connectivity index (χ4n) is 2.46. The predicted octanol–water partition coefficient (Wildman–Crippen LogP) is 4.79. The molecule has 1 fully saturated rings. The average Bonchev–Trinajstić information content (AvgIpc) is 3.38. The molecule has 3 nitrogen and oxygen atoms in total. The van der Waals surface area contributed by atoms with E-state index in [1.54, 1.807) is 24.3 Å². The van der Waals surface area contributed by atoms with Crippen LogP contribution in [0.5, 0.6) is 0 Å². The molecule has 132 valence electrons. The molecule has 1 atom stereocenters. The number of carbonyl (C=O) groups is 1. The zero-order valence-corrected chi connectivity index (χ0v) is 13.9. The standard InChI is InChI=1S/C18H16ClF3N2O/c19-14-9-6-12(18(20,21)22)10-15(14)24-17(25)16(23-13-7-8-13)11-4-2-1-3-5-11/h1-6,9-10,13,16,23H,7-8H2,(H,24,25)/t16-/m0/s1. The van der Waals surface area contributed by atoms with Gasteiger partial charge in [0.1, 0.15) is 6.04 Å². The number of benzene rings is 2. The zero-order valence-electron chi connectivity index (χ0n) is 13.1. The highest BCUT2D eigenvalue weighted by atomic mass is 35.5. The van der Waals surface area contributed by atoms with Gasteiger partial charge < -0.3 is 5.32 Å². The molecule has 0 saturated heterocycles. The summed E-state index contributed by atoms with van der Waals surface area (Å²) in [5.74, 6) is -0.445. The molecule has 1 amide bonds. The Balaban J connectivity index is 1.84. The van der Waals surface area contributed by atoms with Crippen LogP contribution in [0.15, 0.2) is 48.5 Å². The monoisotopic (exact) mass is 368 g/mol. The van der Waals surface area contributed by atoms with E-state index >= 15 is 0 Å². The normalized spacial score (nSPS) is 15.7. The lowest BCUT2D eigenvalue weighted by atomic mass is 10.1. The summed E-state index contributed by atoms with van der Waals surface area (Å²) in [5.41, 5.74) is -0.173. The van der Waals surface area contributed by atoms with Gasteiger partial charge in [-0.15, -0.1) is 0 Å². The van der Waals surface area contributed by atoms with E-state index in [1.807, 2.05) is 6.07 Å². The molecule has 0 unspecified atom stereocenters. The molecule has 0 heterocycles. The summed E-state index contributed by atoms with van der Waals surface area (Å²) >= 11 is 5.96. The summed E-state index contributed by atoms with van der Waals surface area (Å²) in [6.07, 6.45) is -2.56. The van der Waals surface area contributed by atoms with Crippen molar-refractivity contribution in [3.8, 4) is 0 Å². The van der Waals surface area contributed by atoms with E-state index in [0.717, 1.165) is 36.6 Å². The third kappa shape index (κ3) is 4.52. The van der Waals surface area contributed by atoms with Crippen molar-refractivity contribution >= 4 is 23.2 Å². The molecule has 2 aromatic rings. The quantitative estimate of drug-likeness (QED) is 0.796. The van der Waals surface area contributed by atoms with Crippen LogP contribution < -0.4 is 10.6 Å². The van der Waals surface area contributed by atoms with Crippen molar-refractivity contribution in [1.29, 1.82) is 0 Å². The molecule has 2 N–H and O–H groups in total. The smallest absolute Gasteiger partial charge is 0.323 e. The van der Waals surface area contributed by atoms with Crippen molar-refractivity contribution in [1.82, 2.24) is 5.32 Å². The third-order valence-electron chi connectivity index (χ3n) is 3.93. The Morgan fingerprint density at radius 2 is 1.80 bits per heavy atom. The molecule has 0 aromatic heterocycles. The topological polar surface area (TPSA) is 41.1 Å². The maximum absolute atomic E-state index is 12.9. The van der Waals surface area contributed by atoms with Crippen LogP contribution in [-0.4, -0.2) is 11.9 Å². The van der Waals surface area contributed by atoms with Crippen molar-refractivity contribution in [2.24, 2.45) is 0 Å². The molecule has 0 spiro atoms. The van der Waals surface area contributed by atoms with E-state index < -0.39 is 23.7 Å². The minimum atomic E-state index is -4.50.